The normalized spacial score (nSPS) is 32.9. The summed E-state index contributed by atoms with van der Waals surface area (Å²) >= 11 is 0. The van der Waals surface area contributed by atoms with Crippen LogP contribution in [0.5, 0.6) is 0 Å². The summed E-state index contributed by atoms with van der Waals surface area (Å²) in [4.78, 5) is 11.5. The van der Waals surface area contributed by atoms with Crippen molar-refractivity contribution in [1.29, 1.82) is 0 Å². The molecule has 2 aliphatic rings. The highest BCUT2D eigenvalue weighted by atomic mass is 16.1. The van der Waals surface area contributed by atoms with Crippen LogP contribution < -0.4 is 11.5 Å². The summed E-state index contributed by atoms with van der Waals surface area (Å²) in [7, 11) is 0. The van der Waals surface area contributed by atoms with Gasteiger partial charge in [-0.3, -0.25) is 4.79 Å². The molecule has 0 radical (unpaired) electrons. The summed E-state index contributed by atoms with van der Waals surface area (Å²) in [5, 5.41) is 0. The first-order valence-corrected chi connectivity index (χ1v) is 7.71. The van der Waals surface area contributed by atoms with Gasteiger partial charge in [0.1, 0.15) is 0 Å². The Kier molecular flexibility index (Phi) is 3.33. The maximum Gasteiger partial charge on any atom is 0.248 e. The lowest BCUT2D eigenvalue weighted by atomic mass is 9.60. The molecule has 0 heterocycles. The lowest BCUT2D eigenvalue weighted by Gasteiger charge is -2.47. The Balaban J connectivity index is 2.11. The van der Waals surface area contributed by atoms with Gasteiger partial charge in [-0.25, -0.2) is 0 Å². The Labute approximate surface area is 120 Å². The zero-order chi connectivity index (χ0) is 14.3. The summed E-state index contributed by atoms with van der Waals surface area (Å²) in [5.41, 5.74) is 15.3. The van der Waals surface area contributed by atoms with Crippen LogP contribution in [-0.2, 0) is 11.8 Å². The Bertz CT molecular complexity index is 540. The van der Waals surface area contributed by atoms with Crippen molar-refractivity contribution in [3.05, 3.63) is 34.9 Å². The van der Waals surface area contributed by atoms with Crippen molar-refractivity contribution < 1.29 is 4.79 Å². The predicted octanol–water partition coefficient (Wildman–Crippen LogP) is 2.51. The summed E-state index contributed by atoms with van der Waals surface area (Å²) in [6.45, 7) is 2.28. The van der Waals surface area contributed by atoms with Gasteiger partial charge in [-0.05, 0) is 48.4 Å². The van der Waals surface area contributed by atoms with Crippen molar-refractivity contribution >= 4 is 5.91 Å². The first-order chi connectivity index (χ1) is 9.52. The number of hydrogen-bond acceptors (Lipinski definition) is 2. The summed E-state index contributed by atoms with van der Waals surface area (Å²) in [5.74, 6) is 0.227. The SMILES string of the molecule is CC12CCCCCC(Cc3ccc(C(N)=O)cc31)[C@@H]2N. The molecule has 0 saturated heterocycles. The molecule has 3 heteroatoms. The van der Waals surface area contributed by atoms with E-state index >= 15 is 0 Å². The van der Waals surface area contributed by atoms with Gasteiger partial charge in [0.05, 0.1) is 0 Å². The van der Waals surface area contributed by atoms with E-state index in [4.69, 9.17) is 11.5 Å². The molecule has 0 spiro atoms. The standard InChI is InChI=1S/C17H24N2O/c1-17-8-4-2-3-5-12(15(17)18)9-11-6-7-13(16(19)20)10-14(11)17/h6-7,10,12,15H,2-5,8-9,18H2,1H3,(H2,19,20)/t12?,15-,17?/m0/s1. The van der Waals surface area contributed by atoms with Crippen LogP contribution >= 0.6 is 0 Å². The van der Waals surface area contributed by atoms with Crippen molar-refractivity contribution in [3.63, 3.8) is 0 Å². The van der Waals surface area contributed by atoms with Gasteiger partial charge in [-0.2, -0.15) is 0 Å². The number of fused-ring (bicyclic) bond motifs is 4. The van der Waals surface area contributed by atoms with Crippen molar-refractivity contribution in [2.45, 2.75) is 56.9 Å². The molecule has 3 atom stereocenters. The molecular formula is C17H24N2O. The Morgan fingerprint density at radius 3 is 2.85 bits per heavy atom. The molecule has 20 heavy (non-hydrogen) atoms. The molecule has 1 aromatic rings. The number of nitrogens with two attached hydrogens (primary N) is 2. The van der Waals surface area contributed by atoms with Crippen LogP contribution in [0.3, 0.4) is 0 Å². The number of primary amides is 1. The molecule has 3 rings (SSSR count). The van der Waals surface area contributed by atoms with E-state index in [1.807, 2.05) is 12.1 Å². The van der Waals surface area contributed by atoms with Gasteiger partial charge in [0.15, 0.2) is 0 Å². The van der Waals surface area contributed by atoms with E-state index in [-0.39, 0.29) is 17.4 Å². The lowest BCUT2D eigenvalue weighted by Crippen LogP contribution is -2.52. The minimum atomic E-state index is -0.349. The lowest BCUT2D eigenvalue weighted by molar-refractivity contribution is 0.1000. The summed E-state index contributed by atoms with van der Waals surface area (Å²) < 4.78 is 0. The van der Waals surface area contributed by atoms with Crippen molar-refractivity contribution in [2.75, 3.05) is 0 Å². The van der Waals surface area contributed by atoms with Crippen LogP contribution in [0.15, 0.2) is 18.2 Å². The van der Waals surface area contributed by atoms with Gasteiger partial charge < -0.3 is 11.5 Å². The molecule has 2 unspecified atom stereocenters. The molecular weight excluding hydrogens is 248 g/mol. The molecule has 0 aliphatic heterocycles. The number of benzene rings is 1. The van der Waals surface area contributed by atoms with Crippen LogP contribution in [0.2, 0.25) is 0 Å². The Morgan fingerprint density at radius 2 is 2.10 bits per heavy atom. The maximum atomic E-state index is 11.5. The average molecular weight is 272 g/mol. The van der Waals surface area contributed by atoms with Crippen LogP contribution in [0.1, 0.15) is 60.5 Å². The quantitative estimate of drug-likeness (QED) is 0.824. The number of carbonyl (C=O) groups excluding carboxylic acids is 1. The second kappa shape index (κ2) is 4.88. The van der Waals surface area contributed by atoms with Crippen molar-refractivity contribution in [3.8, 4) is 0 Å². The second-order valence-corrected chi connectivity index (χ2v) is 6.74. The minimum absolute atomic E-state index is 0.00979. The molecule has 2 aliphatic carbocycles. The van der Waals surface area contributed by atoms with Crippen molar-refractivity contribution in [2.24, 2.45) is 17.4 Å². The fourth-order valence-corrected chi connectivity index (χ4v) is 4.21. The molecule has 2 bridgehead atoms. The van der Waals surface area contributed by atoms with E-state index in [1.165, 1.54) is 36.8 Å². The monoisotopic (exact) mass is 272 g/mol. The average Bonchev–Trinajstić information content (AvgIpc) is 2.43. The van der Waals surface area contributed by atoms with Crippen molar-refractivity contribution in [1.82, 2.24) is 0 Å². The molecule has 1 saturated carbocycles. The number of hydrogen-bond donors (Lipinski definition) is 2. The van der Waals surface area contributed by atoms with E-state index in [1.54, 1.807) is 0 Å². The number of carbonyl (C=O) groups is 1. The fourth-order valence-electron chi connectivity index (χ4n) is 4.21. The molecule has 0 aromatic heterocycles. The highest BCUT2D eigenvalue weighted by Crippen LogP contribution is 2.45. The largest absolute Gasteiger partial charge is 0.366 e. The third-order valence-electron chi connectivity index (χ3n) is 5.51. The Morgan fingerprint density at radius 1 is 1.30 bits per heavy atom. The fraction of sp³-hybridized carbons (Fsp3) is 0.588. The second-order valence-electron chi connectivity index (χ2n) is 6.74. The zero-order valence-electron chi connectivity index (χ0n) is 12.2. The first-order valence-electron chi connectivity index (χ1n) is 7.71. The summed E-state index contributed by atoms with van der Waals surface area (Å²) in [6.07, 6.45) is 7.20. The number of rotatable bonds is 1. The maximum absolute atomic E-state index is 11.5. The van der Waals surface area contributed by atoms with Gasteiger partial charge >= 0.3 is 0 Å². The molecule has 4 N–H and O–H groups in total. The zero-order valence-corrected chi connectivity index (χ0v) is 12.2. The molecule has 1 fully saturated rings. The highest BCUT2D eigenvalue weighted by Gasteiger charge is 2.43. The van der Waals surface area contributed by atoms with Crippen LogP contribution in [0, 0.1) is 5.92 Å². The number of amides is 1. The van der Waals surface area contributed by atoms with E-state index in [9.17, 15) is 4.79 Å². The molecule has 108 valence electrons. The third-order valence-corrected chi connectivity index (χ3v) is 5.51. The van der Waals surface area contributed by atoms with E-state index in [2.05, 4.69) is 13.0 Å². The predicted molar refractivity (Wildman–Crippen MR) is 80.6 cm³/mol. The molecule has 1 amide bonds. The van der Waals surface area contributed by atoms with Crippen LogP contribution in [-0.4, -0.2) is 11.9 Å². The molecule has 3 nitrogen and oxygen atoms in total. The van der Waals surface area contributed by atoms with Gasteiger partial charge in [0, 0.05) is 17.0 Å². The topological polar surface area (TPSA) is 69.1 Å². The van der Waals surface area contributed by atoms with E-state index < -0.39 is 0 Å². The smallest absolute Gasteiger partial charge is 0.248 e. The van der Waals surface area contributed by atoms with Gasteiger partial charge in [0.2, 0.25) is 5.91 Å². The van der Waals surface area contributed by atoms with Crippen LogP contribution in [0.25, 0.3) is 0 Å². The van der Waals surface area contributed by atoms with Gasteiger partial charge in [-0.15, -0.1) is 0 Å². The van der Waals surface area contributed by atoms with Gasteiger partial charge in [-0.1, -0.05) is 32.3 Å². The molecule has 1 aromatic carbocycles. The van der Waals surface area contributed by atoms with E-state index in [0.717, 1.165) is 12.8 Å². The third kappa shape index (κ3) is 2.05. The van der Waals surface area contributed by atoms with Gasteiger partial charge in [0.25, 0.3) is 0 Å². The summed E-state index contributed by atoms with van der Waals surface area (Å²) in [6, 6.07) is 6.14. The van der Waals surface area contributed by atoms with Crippen LogP contribution in [0.4, 0.5) is 0 Å². The first kappa shape index (κ1) is 13.6. The minimum Gasteiger partial charge on any atom is -0.366 e. The highest BCUT2D eigenvalue weighted by molar-refractivity contribution is 5.93. The van der Waals surface area contributed by atoms with E-state index in [0.29, 0.717) is 11.5 Å². The Hall–Kier alpha value is -1.35.